The van der Waals surface area contributed by atoms with Crippen LogP contribution in [-0.4, -0.2) is 87.4 Å². The first-order valence-corrected chi connectivity index (χ1v) is 10.8. The van der Waals surface area contributed by atoms with Gasteiger partial charge in [-0.2, -0.15) is 0 Å². The maximum absolute atomic E-state index is 5.59. The summed E-state index contributed by atoms with van der Waals surface area (Å²) in [6.45, 7) is 11.8. The van der Waals surface area contributed by atoms with Crippen molar-refractivity contribution >= 4 is 5.96 Å². The zero-order valence-electron chi connectivity index (χ0n) is 16.9. The second-order valence-electron chi connectivity index (χ2n) is 8.24. The number of hydrogen-bond donors (Lipinski definition) is 2. The van der Waals surface area contributed by atoms with Crippen molar-refractivity contribution in [3.05, 3.63) is 0 Å². The van der Waals surface area contributed by atoms with Gasteiger partial charge in [-0.25, -0.2) is 0 Å². The second-order valence-corrected chi connectivity index (χ2v) is 8.24. The van der Waals surface area contributed by atoms with E-state index in [9.17, 15) is 0 Å². The van der Waals surface area contributed by atoms with Gasteiger partial charge in [0.15, 0.2) is 5.96 Å². The molecule has 1 unspecified atom stereocenters. The van der Waals surface area contributed by atoms with Crippen molar-refractivity contribution in [1.29, 1.82) is 0 Å². The predicted molar refractivity (Wildman–Crippen MR) is 108 cm³/mol. The van der Waals surface area contributed by atoms with Crippen LogP contribution in [0, 0.1) is 5.92 Å². The van der Waals surface area contributed by atoms with E-state index < -0.39 is 0 Å². The largest absolute Gasteiger partial charge is 0.379 e. The Labute approximate surface area is 159 Å². The van der Waals surface area contributed by atoms with Gasteiger partial charge in [0.05, 0.1) is 13.2 Å². The minimum Gasteiger partial charge on any atom is -0.379 e. The Hall–Kier alpha value is -0.850. The maximum Gasteiger partial charge on any atom is 0.191 e. The monoisotopic (exact) mass is 365 g/mol. The summed E-state index contributed by atoms with van der Waals surface area (Å²) in [4.78, 5) is 9.71. The van der Waals surface area contributed by atoms with Crippen molar-refractivity contribution in [3.8, 4) is 0 Å². The topological polar surface area (TPSA) is 52.1 Å². The molecule has 2 heterocycles. The lowest BCUT2D eigenvalue weighted by molar-refractivity contribution is -0.0352. The molecule has 0 spiro atoms. The lowest BCUT2D eigenvalue weighted by Crippen LogP contribution is -2.60. The molecule has 6 heteroatoms. The number of hydrogen-bond acceptors (Lipinski definition) is 4. The average molecular weight is 366 g/mol. The van der Waals surface area contributed by atoms with Gasteiger partial charge in [-0.1, -0.05) is 26.2 Å². The molecule has 26 heavy (non-hydrogen) atoms. The molecule has 0 aromatic carbocycles. The third kappa shape index (κ3) is 5.11. The normalized spacial score (nSPS) is 28.2. The number of guanidine groups is 1. The molecular formula is C20H39N5O. The first-order valence-electron chi connectivity index (χ1n) is 10.8. The summed E-state index contributed by atoms with van der Waals surface area (Å²) in [6, 6.07) is 0. The molecule has 2 N–H and O–H groups in total. The highest BCUT2D eigenvalue weighted by Crippen LogP contribution is 2.33. The van der Waals surface area contributed by atoms with Crippen LogP contribution in [0.4, 0.5) is 0 Å². The fourth-order valence-corrected chi connectivity index (χ4v) is 4.93. The van der Waals surface area contributed by atoms with Crippen LogP contribution in [0.1, 0.15) is 45.4 Å². The summed E-state index contributed by atoms with van der Waals surface area (Å²) in [5.74, 6) is 1.72. The van der Waals surface area contributed by atoms with Gasteiger partial charge in [-0.05, 0) is 38.3 Å². The Kier molecular flexibility index (Phi) is 7.58. The fraction of sp³-hybridized carbons (Fsp3) is 0.950. The zero-order chi connectivity index (χ0) is 18.2. The maximum atomic E-state index is 5.59. The molecule has 3 rings (SSSR count). The minimum absolute atomic E-state index is 0.284. The highest BCUT2D eigenvalue weighted by atomic mass is 16.5. The van der Waals surface area contributed by atoms with Crippen molar-refractivity contribution < 1.29 is 4.74 Å². The van der Waals surface area contributed by atoms with E-state index in [4.69, 9.17) is 4.74 Å². The number of nitrogens with one attached hydrogen (secondary N) is 2. The average Bonchev–Trinajstić information content (AvgIpc) is 3.18. The van der Waals surface area contributed by atoms with E-state index in [1.807, 2.05) is 7.05 Å². The van der Waals surface area contributed by atoms with E-state index in [1.54, 1.807) is 0 Å². The van der Waals surface area contributed by atoms with Crippen molar-refractivity contribution in [3.63, 3.8) is 0 Å². The van der Waals surface area contributed by atoms with Gasteiger partial charge >= 0.3 is 0 Å². The lowest BCUT2D eigenvalue weighted by atomic mass is 9.80. The summed E-state index contributed by atoms with van der Waals surface area (Å²) in [7, 11) is 1.89. The van der Waals surface area contributed by atoms with Gasteiger partial charge in [0.25, 0.3) is 0 Å². The number of morpholine rings is 1. The van der Waals surface area contributed by atoms with Crippen LogP contribution in [0.25, 0.3) is 0 Å². The Balaban J connectivity index is 1.50. The number of ether oxygens (including phenoxy) is 1. The first-order chi connectivity index (χ1) is 12.8. The molecule has 0 aromatic heterocycles. The summed E-state index contributed by atoms with van der Waals surface area (Å²) in [5.41, 5.74) is 0.284. The Morgan fingerprint density at radius 2 is 1.88 bits per heavy atom. The molecule has 0 aromatic rings. The van der Waals surface area contributed by atoms with Crippen LogP contribution >= 0.6 is 0 Å². The molecule has 1 aliphatic carbocycles. The smallest absolute Gasteiger partial charge is 0.191 e. The second kappa shape index (κ2) is 9.90. The molecule has 2 saturated heterocycles. The molecule has 0 bridgehead atoms. The number of rotatable bonds is 6. The van der Waals surface area contributed by atoms with Crippen molar-refractivity contribution in [2.45, 2.75) is 51.0 Å². The molecule has 3 fully saturated rings. The number of aliphatic imine (C=N–C) groups is 1. The third-order valence-electron chi connectivity index (χ3n) is 6.65. The predicted octanol–water partition coefficient (Wildman–Crippen LogP) is 1.53. The van der Waals surface area contributed by atoms with Gasteiger partial charge in [0, 0.05) is 45.3 Å². The minimum atomic E-state index is 0.284. The summed E-state index contributed by atoms with van der Waals surface area (Å²) in [6.07, 6.45) is 7.97. The van der Waals surface area contributed by atoms with E-state index in [-0.39, 0.29) is 5.54 Å². The molecule has 0 amide bonds. The highest BCUT2D eigenvalue weighted by molar-refractivity contribution is 5.79. The molecule has 3 aliphatic rings. The molecule has 1 atom stereocenters. The van der Waals surface area contributed by atoms with Crippen molar-refractivity contribution in [2.75, 3.05) is 66.1 Å². The summed E-state index contributed by atoms with van der Waals surface area (Å²) >= 11 is 0. The lowest BCUT2D eigenvalue weighted by Gasteiger charge is -2.48. The van der Waals surface area contributed by atoms with Crippen LogP contribution < -0.4 is 10.6 Å². The standard InChI is InChI=1S/C20H39N5O/c1-3-24-10-7-18(16-24)15-22-19(21-2)23-17-20(8-5-4-6-9-20)25-11-13-26-14-12-25/h18H,3-17H2,1-2H3,(H2,21,22,23). The summed E-state index contributed by atoms with van der Waals surface area (Å²) in [5, 5.41) is 7.25. The Bertz CT molecular complexity index is 443. The van der Waals surface area contributed by atoms with Crippen LogP contribution in [0.5, 0.6) is 0 Å². The number of nitrogens with zero attached hydrogens (tertiary/aromatic N) is 3. The van der Waals surface area contributed by atoms with Gasteiger partial charge in [0.1, 0.15) is 0 Å². The van der Waals surface area contributed by atoms with Crippen LogP contribution in [-0.2, 0) is 4.74 Å². The zero-order valence-corrected chi connectivity index (χ0v) is 16.9. The molecular weight excluding hydrogens is 326 g/mol. The van der Waals surface area contributed by atoms with Crippen molar-refractivity contribution in [2.24, 2.45) is 10.9 Å². The Morgan fingerprint density at radius 1 is 1.12 bits per heavy atom. The van der Waals surface area contributed by atoms with E-state index in [0.717, 1.165) is 51.3 Å². The van der Waals surface area contributed by atoms with E-state index >= 15 is 0 Å². The molecule has 6 nitrogen and oxygen atoms in total. The van der Waals surface area contributed by atoms with Crippen LogP contribution in [0.15, 0.2) is 4.99 Å². The van der Waals surface area contributed by atoms with Gasteiger partial charge in [0.2, 0.25) is 0 Å². The van der Waals surface area contributed by atoms with Gasteiger partial charge < -0.3 is 20.3 Å². The SMILES string of the molecule is CCN1CCC(CNC(=NC)NCC2(N3CCOCC3)CCCCC2)C1. The summed E-state index contributed by atoms with van der Waals surface area (Å²) < 4.78 is 5.59. The van der Waals surface area contributed by atoms with Gasteiger partial charge in [-0.15, -0.1) is 0 Å². The van der Waals surface area contributed by atoms with E-state index in [2.05, 4.69) is 32.3 Å². The van der Waals surface area contributed by atoms with Crippen LogP contribution in [0.3, 0.4) is 0 Å². The van der Waals surface area contributed by atoms with Crippen LogP contribution in [0.2, 0.25) is 0 Å². The molecule has 150 valence electrons. The molecule has 2 aliphatic heterocycles. The quantitative estimate of drug-likeness (QED) is 0.552. The first kappa shape index (κ1) is 19.9. The third-order valence-corrected chi connectivity index (χ3v) is 6.65. The number of likely N-dealkylation sites (tertiary alicyclic amines) is 1. The van der Waals surface area contributed by atoms with E-state index in [1.165, 1.54) is 58.2 Å². The van der Waals surface area contributed by atoms with Gasteiger partial charge in [-0.3, -0.25) is 9.89 Å². The fourth-order valence-electron chi connectivity index (χ4n) is 4.93. The molecule has 1 saturated carbocycles. The molecule has 0 radical (unpaired) electrons. The Morgan fingerprint density at radius 3 is 2.54 bits per heavy atom. The van der Waals surface area contributed by atoms with E-state index in [0.29, 0.717) is 0 Å². The van der Waals surface area contributed by atoms with Crippen molar-refractivity contribution in [1.82, 2.24) is 20.4 Å². The highest BCUT2D eigenvalue weighted by Gasteiger charge is 2.38.